The average Bonchev–Trinajstić information content (AvgIpc) is 3.60. The molecule has 0 aromatic carbocycles. The van der Waals surface area contributed by atoms with E-state index in [2.05, 4.69) is 39.8 Å². The van der Waals surface area contributed by atoms with Gasteiger partial charge in [-0.25, -0.2) is 0 Å². The molecule has 2 aliphatic heterocycles. The van der Waals surface area contributed by atoms with Gasteiger partial charge in [-0.2, -0.15) is 0 Å². The molecule has 29 heavy (non-hydrogen) atoms. The SMILES string of the molecule is CCCCCCCCC/C=C1/CC[C@]2(CO2)C([C@@]2(C)O[C@@H]2CC=C(C)C)[C@@H]1OC. The fourth-order valence-electron chi connectivity index (χ4n) is 5.45. The second-order valence-electron chi connectivity index (χ2n) is 9.98. The van der Waals surface area contributed by atoms with Crippen LogP contribution in [-0.2, 0) is 14.2 Å². The van der Waals surface area contributed by atoms with Gasteiger partial charge in [-0.05, 0) is 58.4 Å². The van der Waals surface area contributed by atoms with Crippen molar-refractivity contribution in [3.8, 4) is 0 Å². The van der Waals surface area contributed by atoms with Crippen LogP contribution in [0.1, 0.15) is 98.3 Å². The number of unbranched alkanes of at least 4 members (excludes halogenated alkanes) is 7. The Morgan fingerprint density at radius 2 is 1.83 bits per heavy atom. The topological polar surface area (TPSA) is 34.3 Å². The first kappa shape index (κ1) is 23.0. The molecule has 0 bridgehead atoms. The lowest BCUT2D eigenvalue weighted by Gasteiger charge is -2.40. The Kier molecular flexibility index (Phi) is 8.03. The lowest BCUT2D eigenvalue weighted by molar-refractivity contribution is -0.0203. The lowest BCUT2D eigenvalue weighted by Crippen LogP contribution is -2.49. The van der Waals surface area contributed by atoms with Gasteiger partial charge in [0.25, 0.3) is 0 Å². The Bertz CT molecular complexity index is 585. The van der Waals surface area contributed by atoms with Gasteiger partial charge >= 0.3 is 0 Å². The van der Waals surface area contributed by atoms with E-state index in [1.165, 1.54) is 62.5 Å². The molecule has 0 aromatic rings. The van der Waals surface area contributed by atoms with Crippen molar-refractivity contribution in [1.82, 2.24) is 0 Å². The van der Waals surface area contributed by atoms with Crippen LogP contribution in [-0.4, -0.2) is 37.1 Å². The Balaban J connectivity index is 1.56. The first-order valence-electron chi connectivity index (χ1n) is 12.1. The van der Waals surface area contributed by atoms with Crippen LogP contribution in [0.4, 0.5) is 0 Å². The minimum atomic E-state index is -0.123. The van der Waals surface area contributed by atoms with E-state index in [9.17, 15) is 0 Å². The van der Waals surface area contributed by atoms with Crippen molar-refractivity contribution in [3.63, 3.8) is 0 Å². The standard InChI is InChI=1S/C26H44O3/c1-6-7-8-9-10-11-12-13-14-21-17-18-26(19-28-26)24(23(21)27-5)25(4)22(29-25)16-15-20(2)3/h14-15,22-24H,6-13,16-19H2,1-5H3/b21-14-/t22-,23-,24?,25+,26+/m1/s1. The summed E-state index contributed by atoms with van der Waals surface area (Å²) in [6.45, 7) is 9.76. The van der Waals surface area contributed by atoms with E-state index in [1.807, 2.05) is 7.11 Å². The number of methoxy groups -OCH3 is 1. The van der Waals surface area contributed by atoms with Gasteiger partial charge in [0.05, 0.1) is 24.7 Å². The highest BCUT2D eigenvalue weighted by atomic mass is 16.6. The third kappa shape index (κ3) is 5.54. The molecule has 2 heterocycles. The van der Waals surface area contributed by atoms with Gasteiger partial charge in [0.2, 0.25) is 0 Å². The predicted molar refractivity (Wildman–Crippen MR) is 120 cm³/mol. The molecule has 3 fully saturated rings. The maximum atomic E-state index is 6.31. The van der Waals surface area contributed by atoms with Crippen LogP contribution < -0.4 is 0 Å². The predicted octanol–water partition coefficient (Wildman–Crippen LogP) is 6.76. The number of epoxide rings is 2. The van der Waals surface area contributed by atoms with Gasteiger partial charge in [-0.3, -0.25) is 0 Å². The number of rotatable bonds is 12. The Hall–Kier alpha value is -0.640. The zero-order valence-electron chi connectivity index (χ0n) is 19.6. The number of allylic oxidation sites excluding steroid dienone is 2. The van der Waals surface area contributed by atoms with E-state index in [1.54, 1.807) is 0 Å². The molecule has 3 heteroatoms. The molecule has 166 valence electrons. The second-order valence-corrected chi connectivity index (χ2v) is 9.98. The fourth-order valence-corrected chi connectivity index (χ4v) is 5.45. The average molecular weight is 405 g/mol. The molecule has 3 nitrogen and oxygen atoms in total. The number of hydrogen-bond acceptors (Lipinski definition) is 3. The zero-order valence-corrected chi connectivity index (χ0v) is 19.6. The molecule has 5 atom stereocenters. The smallest absolute Gasteiger partial charge is 0.101 e. The molecule has 1 aliphatic carbocycles. The van der Waals surface area contributed by atoms with E-state index in [-0.39, 0.29) is 17.3 Å². The quantitative estimate of drug-likeness (QED) is 0.205. The van der Waals surface area contributed by atoms with Crippen LogP contribution in [0.3, 0.4) is 0 Å². The van der Waals surface area contributed by atoms with Crippen molar-refractivity contribution >= 4 is 0 Å². The van der Waals surface area contributed by atoms with E-state index < -0.39 is 0 Å². The highest BCUT2D eigenvalue weighted by Crippen LogP contribution is 2.60. The molecule has 3 rings (SSSR count). The summed E-state index contributed by atoms with van der Waals surface area (Å²) in [6, 6.07) is 0. The first-order valence-corrected chi connectivity index (χ1v) is 12.1. The Morgan fingerprint density at radius 1 is 1.14 bits per heavy atom. The molecule has 1 saturated carbocycles. The van der Waals surface area contributed by atoms with Gasteiger partial charge < -0.3 is 14.2 Å². The molecule has 0 N–H and O–H groups in total. The van der Waals surface area contributed by atoms with Gasteiger partial charge in [-0.1, -0.05) is 63.2 Å². The summed E-state index contributed by atoms with van der Waals surface area (Å²) in [6.07, 6.45) is 19.2. The molecule has 3 aliphatic rings. The third-order valence-electron chi connectivity index (χ3n) is 7.39. The molecule has 0 aromatic heterocycles. The van der Waals surface area contributed by atoms with Gasteiger partial charge in [0.15, 0.2) is 0 Å². The summed E-state index contributed by atoms with van der Waals surface area (Å²) in [7, 11) is 1.87. The Labute approximate surface area is 179 Å². The van der Waals surface area contributed by atoms with Crippen LogP contribution in [0, 0.1) is 5.92 Å². The van der Waals surface area contributed by atoms with Crippen LogP contribution >= 0.6 is 0 Å². The minimum absolute atomic E-state index is 0.00817. The molecule has 0 radical (unpaired) electrons. The molecular formula is C26H44O3. The summed E-state index contributed by atoms with van der Waals surface area (Å²) in [5, 5.41) is 0. The van der Waals surface area contributed by atoms with Crippen molar-refractivity contribution in [1.29, 1.82) is 0 Å². The van der Waals surface area contributed by atoms with Gasteiger partial charge in [0, 0.05) is 7.11 Å². The van der Waals surface area contributed by atoms with Gasteiger partial charge in [0.1, 0.15) is 11.2 Å². The van der Waals surface area contributed by atoms with Gasteiger partial charge in [-0.15, -0.1) is 0 Å². The fraction of sp³-hybridized carbons (Fsp3) is 0.846. The highest BCUT2D eigenvalue weighted by molar-refractivity contribution is 5.28. The van der Waals surface area contributed by atoms with Crippen LogP contribution in [0.25, 0.3) is 0 Å². The summed E-state index contributed by atoms with van der Waals surface area (Å²) >= 11 is 0. The van der Waals surface area contributed by atoms with E-state index >= 15 is 0 Å². The van der Waals surface area contributed by atoms with Crippen molar-refractivity contribution in [2.75, 3.05) is 13.7 Å². The van der Waals surface area contributed by atoms with Crippen LogP contribution in [0.2, 0.25) is 0 Å². The summed E-state index contributed by atoms with van der Waals surface area (Å²) < 4.78 is 18.5. The first-order chi connectivity index (χ1) is 14.0. The third-order valence-corrected chi connectivity index (χ3v) is 7.39. The molecular weight excluding hydrogens is 360 g/mol. The minimum Gasteiger partial charge on any atom is -0.377 e. The summed E-state index contributed by atoms with van der Waals surface area (Å²) in [5.74, 6) is 0.310. The molecule has 0 amide bonds. The van der Waals surface area contributed by atoms with E-state index in [4.69, 9.17) is 14.2 Å². The maximum Gasteiger partial charge on any atom is 0.101 e. The summed E-state index contributed by atoms with van der Waals surface area (Å²) in [4.78, 5) is 0. The van der Waals surface area contributed by atoms with E-state index in [0.29, 0.717) is 12.0 Å². The lowest BCUT2D eigenvalue weighted by atomic mass is 9.67. The number of hydrogen-bond donors (Lipinski definition) is 0. The second kappa shape index (κ2) is 10.1. The molecule has 2 saturated heterocycles. The summed E-state index contributed by atoms with van der Waals surface area (Å²) in [5.41, 5.74) is 2.72. The zero-order chi connectivity index (χ0) is 20.9. The van der Waals surface area contributed by atoms with Crippen molar-refractivity contribution in [3.05, 3.63) is 23.3 Å². The monoisotopic (exact) mass is 404 g/mol. The highest BCUT2D eigenvalue weighted by Gasteiger charge is 2.71. The van der Waals surface area contributed by atoms with Crippen molar-refractivity contribution in [2.24, 2.45) is 5.92 Å². The largest absolute Gasteiger partial charge is 0.377 e. The Morgan fingerprint density at radius 3 is 2.45 bits per heavy atom. The van der Waals surface area contributed by atoms with Crippen molar-refractivity contribution < 1.29 is 14.2 Å². The van der Waals surface area contributed by atoms with E-state index in [0.717, 1.165) is 25.9 Å². The normalized spacial score (nSPS) is 37.1. The van der Waals surface area contributed by atoms with Crippen LogP contribution in [0.5, 0.6) is 0 Å². The van der Waals surface area contributed by atoms with Crippen molar-refractivity contribution in [2.45, 2.75) is 122 Å². The number of ether oxygens (including phenoxy) is 3. The molecule has 1 unspecified atom stereocenters. The maximum absolute atomic E-state index is 6.31. The van der Waals surface area contributed by atoms with Crippen LogP contribution in [0.15, 0.2) is 23.3 Å². The molecule has 1 spiro atoms.